The number of nitrogen functional groups attached to an aromatic ring is 1. The first-order chi connectivity index (χ1) is 8.08. The molecule has 0 fully saturated rings. The third-order valence-corrected chi connectivity index (χ3v) is 3.98. The Hall–Kier alpha value is -1.21. The van der Waals surface area contributed by atoms with E-state index in [2.05, 4.69) is 10.2 Å². The molecule has 2 N–H and O–H groups in total. The predicted molar refractivity (Wildman–Crippen MR) is 65.4 cm³/mol. The van der Waals surface area contributed by atoms with Crippen molar-refractivity contribution in [1.29, 1.82) is 0 Å². The molecular weight excluding hydrogens is 264 g/mol. The van der Waals surface area contributed by atoms with Gasteiger partial charge in [0.1, 0.15) is 0 Å². The molecule has 0 saturated heterocycles. The Morgan fingerprint density at radius 3 is 2.53 bits per heavy atom. The molecule has 90 valence electrons. The van der Waals surface area contributed by atoms with Crippen molar-refractivity contribution in [2.45, 2.75) is 10.3 Å². The second kappa shape index (κ2) is 4.97. The van der Waals surface area contributed by atoms with Crippen LogP contribution in [0.3, 0.4) is 0 Å². The van der Waals surface area contributed by atoms with Crippen LogP contribution >= 0.6 is 23.1 Å². The van der Waals surface area contributed by atoms with Crippen LogP contribution in [-0.4, -0.2) is 16.0 Å². The molecule has 0 aliphatic rings. The average molecular weight is 273 g/mol. The van der Waals surface area contributed by atoms with Crippen molar-refractivity contribution in [3.8, 4) is 0 Å². The zero-order chi connectivity index (χ0) is 12.3. The van der Waals surface area contributed by atoms with Gasteiger partial charge in [-0.25, -0.2) is 8.78 Å². The van der Waals surface area contributed by atoms with Crippen molar-refractivity contribution < 1.29 is 8.78 Å². The summed E-state index contributed by atoms with van der Waals surface area (Å²) in [6, 6.07) is 7.72. The van der Waals surface area contributed by atoms with Gasteiger partial charge in [0.15, 0.2) is 4.34 Å². The first kappa shape index (κ1) is 12.3. The molecule has 1 aromatic heterocycles. The van der Waals surface area contributed by atoms with E-state index in [9.17, 15) is 8.78 Å². The van der Waals surface area contributed by atoms with Gasteiger partial charge in [-0.2, -0.15) is 0 Å². The normalized spacial score (nSPS) is 11.6. The molecule has 3 nitrogen and oxygen atoms in total. The number of aromatic nitrogens is 2. The summed E-state index contributed by atoms with van der Waals surface area (Å²) in [6.45, 7) is 0. The monoisotopic (exact) mass is 273 g/mol. The molecule has 0 bridgehead atoms. The first-order valence-electron chi connectivity index (χ1n) is 4.73. The molecule has 7 heteroatoms. The Morgan fingerprint density at radius 2 is 1.94 bits per heavy atom. The Labute approximate surface area is 105 Å². The van der Waals surface area contributed by atoms with Crippen molar-refractivity contribution in [2.24, 2.45) is 0 Å². The number of hydrogen-bond acceptors (Lipinski definition) is 5. The molecule has 1 aromatic carbocycles. The van der Waals surface area contributed by atoms with Crippen LogP contribution in [0.2, 0.25) is 0 Å². The maximum atomic E-state index is 13.8. The van der Waals surface area contributed by atoms with Gasteiger partial charge in [-0.1, -0.05) is 53.4 Å². The van der Waals surface area contributed by atoms with Gasteiger partial charge in [-0.15, -0.1) is 10.2 Å². The Morgan fingerprint density at radius 1 is 1.24 bits per heavy atom. The molecule has 0 spiro atoms. The summed E-state index contributed by atoms with van der Waals surface area (Å²) in [5, 5.41) is 7.54. The summed E-state index contributed by atoms with van der Waals surface area (Å²) in [7, 11) is 0. The number of rotatable bonds is 4. The second-order valence-corrected chi connectivity index (χ2v) is 5.50. The third kappa shape index (κ3) is 3.13. The van der Waals surface area contributed by atoms with Crippen LogP contribution in [0.1, 0.15) is 5.56 Å². The van der Waals surface area contributed by atoms with Crippen molar-refractivity contribution in [2.75, 3.05) is 11.5 Å². The van der Waals surface area contributed by atoms with E-state index in [1.54, 1.807) is 18.2 Å². The standard InChI is InChI=1S/C10H9F2N3S2/c11-10(12,7-4-2-1-3-5-7)6-16-9-15-14-8(13)17-9/h1-5H,6H2,(H2,13,14). The minimum Gasteiger partial charge on any atom is -0.374 e. The maximum Gasteiger partial charge on any atom is 0.282 e. The van der Waals surface area contributed by atoms with E-state index >= 15 is 0 Å². The summed E-state index contributed by atoms with van der Waals surface area (Å²) < 4.78 is 28.0. The number of nitrogens with two attached hydrogens (primary N) is 1. The van der Waals surface area contributed by atoms with Crippen LogP contribution in [0, 0.1) is 0 Å². The van der Waals surface area contributed by atoms with E-state index in [1.165, 1.54) is 12.1 Å². The lowest BCUT2D eigenvalue weighted by Gasteiger charge is -2.14. The van der Waals surface area contributed by atoms with Crippen LogP contribution < -0.4 is 5.73 Å². The number of hydrogen-bond donors (Lipinski definition) is 1. The van der Waals surface area contributed by atoms with Crippen LogP contribution in [-0.2, 0) is 5.92 Å². The fourth-order valence-electron chi connectivity index (χ4n) is 1.20. The van der Waals surface area contributed by atoms with Crippen LogP contribution in [0.25, 0.3) is 0 Å². The number of thioether (sulfide) groups is 1. The highest BCUT2D eigenvalue weighted by Gasteiger charge is 2.31. The van der Waals surface area contributed by atoms with Gasteiger partial charge in [-0.05, 0) is 0 Å². The molecule has 0 amide bonds. The number of anilines is 1. The lowest BCUT2D eigenvalue weighted by Crippen LogP contribution is -2.16. The van der Waals surface area contributed by atoms with Gasteiger partial charge >= 0.3 is 0 Å². The number of nitrogens with zero attached hydrogens (tertiary/aromatic N) is 2. The van der Waals surface area contributed by atoms with Gasteiger partial charge in [0.2, 0.25) is 5.13 Å². The Kier molecular flexibility index (Phi) is 3.58. The van der Waals surface area contributed by atoms with Crippen LogP contribution in [0.5, 0.6) is 0 Å². The fourth-order valence-corrected chi connectivity index (χ4v) is 2.78. The Bertz CT molecular complexity index is 487. The van der Waals surface area contributed by atoms with Gasteiger partial charge in [0.05, 0.1) is 5.75 Å². The molecule has 0 atom stereocenters. The lowest BCUT2D eigenvalue weighted by molar-refractivity contribution is 0.0232. The second-order valence-electron chi connectivity index (χ2n) is 3.27. The van der Waals surface area contributed by atoms with E-state index in [1.807, 2.05) is 0 Å². The molecule has 2 aromatic rings. The predicted octanol–water partition coefficient (Wildman–Crippen LogP) is 3.00. The molecule has 2 rings (SSSR count). The van der Waals surface area contributed by atoms with Crippen LogP contribution in [0.15, 0.2) is 34.7 Å². The lowest BCUT2D eigenvalue weighted by atomic mass is 10.1. The third-order valence-electron chi connectivity index (χ3n) is 2.00. The van der Waals surface area contributed by atoms with E-state index in [-0.39, 0.29) is 16.4 Å². The highest BCUT2D eigenvalue weighted by molar-refractivity contribution is 8.01. The summed E-state index contributed by atoms with van der Waals surface area (Å²) in [5.74, 6) is -3.25. The maximum absolute atomic E-state index is 13.8. The SMILES string of the molecule is Nc1nnc(SCC(F)(F)c2ccccc2)s1. The minimum absolute atomic E-state index is 0.00462. The quantitative estimate of drug-likeness (QED) is 0.870. The fraction of sp³-hybridized carbons (Fsp3) is 0.200. The number of alkyl halides is 2. The van der Waals surface area contributed by atoms with Gasteiger partial charge in [0, 0.05) is 5.56 Å². The molecular formula is C10H9F2N3S2. The molecule has 17 heavy (non-hydrogen) atoms. The van der Waals surface area contributed by atoms with E-state index in [4.69, 9.17) is 5.73 Å². The Balaban J connectivity index is 2.03. The molecule has 0 aliphatic carbocycles. The number of halogens is 2. The van der Waals surface area contributed by atoms with Gasteiger partial charge in [-0.3, -0.25) is 0 Å². The van der Waals surface area contributed by atoms with Crippen molar-refractivity contribution in [3.63, 3.8) is 0 Å². The molecule has 0 unspecified atom stereocenters. The summed E-state index contributed by atoms with van der Waals surface area (Å²) in [5.41, 5.74) is 5.38. The van der Waals surface area contributed by atoms with Crippen molar-refractivity contribution in [3.05, 3.63) is 35.9 Å². The van der Waals surface area contributed by atoms with Crippen LogP contribution in [0.4, 0.5) is 13.9 Å². The van der Waals surface area contributed by atoms with Gasteiger partial charge in [0.25, 0.3) is 5.92 Å². The highest BCUT2D eigenvalue weighted by atomic mass is 32.2. The highest BCUT2D eigenvalue weighted by Crippen LogP contribution is 2.35. The summed E-state index contributed by atoms with van der Waals surface area (Å²) in [6.07, 6.45) is 0. The molecule has 1 heterocycles. The van der Waals surface area contributed by atoms with E-state index in [0.717, 1.165) is 23.1 Å². The average Bonchev–Trinajstić information content (AvgIpc) is 2.74. The number of benzene rings is 1. The van der Waals surface area contributed by atoms with E-state index in [0.29, 0.717) is 4.34 Å². The zero-order valence-electron chi connectivity index (χ0n) is 8.64. The first-order valence-corrected chi connectivity index (χ1v) is 6.53. The topological polar surface area (TPSA) is 51.8 Å². The van der Waals surface area contributed by atoms with Gasteiger partial charge < -0.3 is 5.73 Å². The largest absolute Gasteiger partial charge is 0.374 e. The van der Waals surface area contributed by atoms with Crippen molar-refractivity contribution >= 4 is 28.2 Å². The minimum atomic E-state index is -2.88. The summed E-state index contributed by atoms with van der Waals surface area (Å²) >= 11 is 2.07. The zero-order valence-corrected chi connectivity index (χ0v) is 10.3. The molecule has 0 radical (unpaired) electrons. The molecule has 0 aliphatic heterocycles. The van der Waals surface area contributed by atoms with Crippen molar-refractivity contribution in [1.82, 2.24) is 10.2 Å². The smallest absolute Gasteiger partial charge is 0.282 e. The molecule has 0 saturated carbocycles. The van der Waals surface area contributed by atoms with E-state index < -0.39 is 5.92 Å². The summed E-state index contributed by atoms with van der Waals surface area (Å²) in [4.78, 5) is 0.